The fraction of sp³-hybridized carbons (Fsp3) is 0.636. The third-order valence-electron chi connectivity index (χ3n) is 3.12. The fourth-order valence-corrected chi connectivity index (χ4v) is 2.08. The van der Waals surface area contributed by atoms with Gasteiger partial charge in [-0.25, -0.2) is 9.97 Å². The van der Waals surface area contributed by atoms with Crippen LogP contribution in [-0.4, -0.2) is 28.2 Å². The molecule has 1 aliphatic carbocycles. The first kappa shape index (κ1) is 8.95. The number of hydrogen-bond acceptors (Lipinski definition) is 4. The van der Waals surface area contributed by atoms with E-state index in [0.717, 1.165) is 24.7 Å². The molecule has 1 N–H and O–H groups in total. The van der Waals surface area contributed by atoms with Gasteiger partial charge in [0.25, 0.3) is 0 Å². The molecule has 2 aliphatic rings. The van der Waals surface area contributed by atoms with Gasteiger partial charge in [-0.3, -0.25) is 0 Å². The Morgan fingerprint density at radius 3 is 2.67 bits per heavy atom. The maximum atomic E-state index is 9.73. The molecule has 0 spiro atoms. The maximum Gasteiger partial charge on any atom is 0.177 e. The average Bonchev–Trinajstić information content (AvgIpc) is 2.95. The zero-order chi connectivity index (χ0) is 10.3. The summed E-state index contributed by atoms with van der Waals surface area (Å²) in [4.78, 5) is 10.8. The molecule has 80 valence electrons. The summed E-state index contributed by atoms with van der Waals surface area (Å²) in [5.41, 5.74) is 0. The van der Waals surface area contributed by atoms with Crippen molar-refractivity contribution in [1.29, 1.82) is 0 Å². The lowest BCUT2D eigenvalue weighted by Crippen LogP contribution is -2.19. The number of rotatable bonds is 2. The minimum atomic E-state index is 0.223. The number of aromatic hydroxyl groups is 1. The molecule has 0 aromatic carbocycles. The van der Waals surface area contributed by atoms with Crippen LogP contribution in [0.1, 0.15) is 37.4 Å². The molecule has 4 nitrogen and oxygen atoms in total. The first-order valence-corrected chi connectivity index (χ1v) is 5.65. The highest BCUT2D eigenvalue weighted by Crippen LogP contribution is 2.39. The summed E-state index contributed by atoms with van der Waals surface area (Å²) in [5.74, 6) is 2.42. The SMILES string of the molecule is Oc1cnc(C2CC2)nc1N1CCCC1. The zero-order valence-electron chi connectivity index (χ0n) is 8.69. The molecule has 0 radical (unpaired) electrons. The summed E-state index contributed by atoms with van der Waals surface area (Å²) in [6.45, 7) is 2.02. The molecule has 0 unspecified atom stereocenters. The second kappa shape index (κ2) is 3.36. The molecule has 2 heterocycles. The monoisotopic (exact) mass is 205 g/mol. The van der Waals surface area contributed by atoms with Gasteiger partial charge < -0.3 is 10.0 Å². The first-order valence-electron chi connectivity index (χ1n) is 5.65. The van der Waals surface area contributed by atoms with Crippen LogP contribution in [0.2, 0.25) is 0 Å². The second-order valence-corrected chi connectivity index (χ2v) is 4.41. The van der Waals surface area contributed by atoms with Crippen molar-refractivity contribution < 1.29 is 5.11 Å². The minimum absolute atomic E-state index is 0.223. The highest BCUT2D eigenvalue weighted by Gasteiger charge is 2.28. The molecular weight excluding hydrogens is 190 g/mol. The van der Waals surface area contributed by atoms with E-state index in [4.69, 9.17) is 0 Å². The standard InChI is InChI=1S/C11H15N3O/c15-9-7-12-10(8-3-4-8)13-11(9)14-5-1-2-6-14/h7-8,15H,1-6H2. The Morgan fingerprint density at radius 2 is 2.00 bits per heavy atom. The van der Waals surface area contributed by atoms with E-state index in [0.29, 0.717) is 5.92 Å². The lowest BCUT2D eigenvalue weighted by atomic mass is 10.3. The third kappa shape index (κ3) is 1.64. The fourth-order valence-electron chi connectivity index (χ4n) is 2.08. The van der Waals surface area contributed by atoms with Gasteiger partial charge in [0.1, 0.15) is 5.82 Å². The van der Waals surface area contributed by atoms with Crippen LogP contribution in [0.25, 0.3) is 0 Å². The number of nitrogens with zero attached hydrogens (tertiary/aromatic N) is 3. The lowest BCUT2D eigenvalue weighted by Gasteiger charge is -2.17. The van der Waals surface area contributed by atoms with Crippen molar-refractivity contribution in [2.45, 2.75) is 31.6 Å². The Bertz CT molecular complexity index is 370. The van der Waals surface area contributed by atoms with Crippen LogP contribution in [0, 0.1) is 0 Å². The normalized spacial score (nSPS) is 20.9. The van der Waals surface area contributed by atoms with Gasteiger partial charge in [0, 0.05) is 19.0 Å². The molecular formula is C11H15N3O. The quantitative estimate of drug-likeness (QED) is 0.797. The van der Waals surface area contributed by atoms with E-state index in [1.165, 1.54) is 25.7 Å². The van der Waals surface area contributed by atoms with Gasteiger partial charge in [0.2, 0.25) is 0 Å². The van der Waals surface area contributed by atoms with Gasteiger partial charge in [-0.15, -0.1) is 0 Å². The van der Waals surface area contributed by atoms with Crippen LogP contribution < -0.4 is 4.90 Å². The Hall–Kier alpha value is -1.32. The van der Waals surface area contributed by atoms with Crippen LogP contribution in [0.15, 0.2) is 6.20 Å². The summed E-state index contributed by atoms with van der Waals surface area (Å²) < 4.78 is 0. The predicted octanol–water partition coefficient (Wildman–Crippen LogP) is 1.66. The van der Waals surface area contributed by atoms with Gasteiger partial charge in [0.05, 0.1) is 6.20 Å². The van der Waals surface area contributed by atoms with Crippen LogP contribution in [0.3, 0.4) is 0 Å². The van der Waals surface area contributed by atoms with E-state index in [-0.39, 0.29) is 5.75 Å². The van der Waals surface area contributed by atoms with E-state index in [1.807, 2.05) is 0 Å². The molecule has 15 heavy (non-hydrogen) atoms. The van der Waals surface area contributed by atoms with Crippen molar-refractivity contribution in [3.05, 3.63) is 12.0 Å². The summed E-state index contributed by atoms with van der Waals surface area (Å²) in [7, 11) is 0. The highest BCUT2D eigenvalue weighted by atomic mass is 16.3. The second-order valence-electron chi connectivity index (χ2n) is 4.41. The maximum absolute atomic E-state index is 9.73. The van der Waals surface area contributed by atoms with Gasteiger partial charge >= 0.3 is 0 Å². The van der Waals surface area contributed by atoms with Crippen molar-refractivity contribution in [2.75, 3.05) is 18.0 Å². The Balaban J connectivity index is 1.93. The summed E-state index contributed by atoms with van der Waals surface area (Å²) >= 11 is 0. The largest absolute Gasteiger partial charge is 0.503 e. The van der Waals surface area contributed by atoms with Crippen molar-refractivity contribution in [3.63, 3.8) is 0 Å². The highest BCUT2D eigenvalue weighted by molar-refractivity contribution is 5.51. The van der Waals surface area contributed by atoms with Gasteiger partial charge in [-0.1, -0.05) is 0 Å². The molecule has 0 amide bonds. The lowest BCUT2D eigenvalue weighted by molar-refractivity contribution is 0.468. The molecule has 2 fully saturated rings. The molecule has 1 saturated carbocycles. The first-order chi connectivity index (χ1) is 7.34. The van der Waals surface area contributed by atoms with Crippen molar-refractivity contribution in [3.8, 4) is 5.75 Å². The van der Waals surface area contributed by atoms with Crippen molar-refractivity contribution in [1.82, 2.24) is 9.97 Å². The van der Waals surface area contributed by atoms with E-state index in [9.17, 15) is 5.11 Å². The number of anilines is 1. The Labute approximate surface area is 89.0 Å². The summed E-state index contributed by atoms with van der Waals surface area (Å²) in [6, 6.07) is 0. The van der Waals surface area contributed by atoms with Crippen LogP contribution in [0.5, 0.6) is 5.75 Å². The zero-order valence-corrected chi connectivity index (χ0v) is 8.69. The summed E-state index contributed by atoms with van der Waals surface area (Å²) in [6.07, 6.45) is 6.34. The van der Waals surface area contributed by atoms with Crippen molar-refractivity contribution in [2.24, 2.45) is 0 Å². The molecule has 1 saturated heterocycles. The van der Waals surface area contributed by atoms with E-state index >= 15 is 0 Å². The van der Waals surface area contributed by atoms with Crippen LogP contribution in [-0.2, 0) is 0 Å². The average molecular weight is 205 g/mol. The van der Waals surface area contributed by atoms with E-state index in [2.05, 4.69) is 14.9 Å². The van der Waals surface area contributed by atoms with Gasteiger partial charge in [-0.2, -0.15) is 0 Å². The molecule has 4 heteroatoms. The third-order valence-corrected chi connectivity index (χ3v) is 3.12. The Morgan fingerprint density at radius 1 is 1.27 bits per heavy atom. The molecule has 1 aromatic rings. The molecule has 0 atom stereocenters. The summed E-state index contributed by atoms with van der Waals surface area (Å²) in [5, 5.41) is 9.73. The van der Waals surface area contributed by atoms with E-state index < -0.39 is 0 Å². The smallest absolute Gasteiger partial charge is 0.177 e. The predicted molar refractivity (Wildman–Crippen MR) is 57.1 cm³/mol. The topological polar surface area (TPSA) is 49.3 Å². The van der Waals surface area contributed by atoms with Crippen LogP contribution in [0.4, 0.5) is 5.82 Å². The van der Waals surface area contributed by atoms with Crippen LogP contribution >= 0.6 is 0 Å². The molecule has 1 aliphatic heterocycles. The molecule has 1 aromatic heterocycles. The van der Waals surface area contributed by atoms with Crippen molar-refractivity contribution >= 4 is 5.82 Å². The number of aromatic nitrogens is 2. The molecule has 3 rings (SSSR count). The minimum Gasteiger partial charge on any atom is -0.503 e. The van der Waals surface area contributed by atoms with E-state index in [1.54, 1.807) is 6.20 Å². The Kier molecular flexibility index (Phi) is 2.01. The number of hydrogen-bond donors (Lipinski definition) is 1. The van der Waals surface area contributed by atoms with Gasteiger partial charge in [-0.05, 0) is 25.7 Å². The molecule has 0 bridgehead atoms. The van der Waals surface area contributed by atoms with Gasteiger partial charge in [0.15, 0.2) is 11.6 Å².